The van der Waals surface area contributed by atoms with E-state index in [1.165, 1.54) is 7.11 Å². The maximum Gasteiger partial charge on any atom is 0.407 e. The third-order valence-electron chi connectivity index (χ3n) is 3.56. The molecule has 6 heteroatoms. The summed E-state index contributed by atoms with van der Waals surface area (Å²) in [7, 11) is 1.35. The summed E-state index contributed by atoms with van der Waals surface area (Å²) in [5.41, 5.74) is 0.733. The van der Waals surface area contributed by atoms with E-state index in [1.807, 2.05) is 30.5 Å². The van der Waals surface area contributed by atoms with Gasteiger partial charge in [0.1, 0.15) is 0 Å². The quantitative estimate of drug-likeness (QED) is 0.666. The minimum atomic E-state index is -0.416. The van der Waals surface area contributed by atoms with Crippen molar-refractivity contribution in [1.29, 1.82) is 0 Å². The van der Waals surface area contributed by atoms with Gasteiger partial charge in [0.2, 0.25) is 0 Å². The Bertz CT molecular complexity index is 504. The van der Waals surface area contributed by atoms with Crippen LogP contribution in [0.25, 0.3) is 0 Å². The molecule has 1 fully saturated rings. The summed E-state index contributed by atoms with van der Waals surface area (Å²) in [5.74, 6) is 0.112. The van der Waals surface area contributed by atoms with Gasteiger partial charge in [0.15, 0.2) is 5.78 Å². The molecule has 0 spiro atoms. The number of alkyl carbamates (subject to hydrolysis) is 1. The van der Waals surface area contributed by atoms with Crippen molar-refractivity contribution in [2.45, 2.75) is 17.4 Å². The Morgan fingerprint density at radius 1 is 1.38 bits per heavy atom. The molecule has 1 aliphatic heterocycles. The van der Waals surface area contributed by atoms with Crippen LogP contribution in [-0.4, -0.2) is 55.8 Å². The lowest BCUT2D eigenvalue weighted by Gasteiger charge is -2.15. The highest BCUT2D eigenvalue weighted by atomic mass is 32.2. The zero-order valence-corrected chi connectivity index (χ0v) is 13.1. The topological polar surface area (TPSA) is 58.6 Å². The van der Waals surface area contributed by atoms with Gasteiger partial charge in [0, 0.05) is 29.6 Å². The molecule has 0 aromatic heterocycles. The normalized spacial score (nSPS) is 18.5. The molecule has 2 rings (SSSR count). The molecule has 1 N–H and O–H groups in total. The van der Waals surface area contributed by atoms with Gasteiger partial charge in [0.25, 0.3) is 0 Å². The number of ketones is 1. The fraction of sp³-hybridized carbons (Fsp3) is 0.467. The van der Waals surface area contributed by atoms with E-state index < -0.39 is 6.09 Å². The van der Waals surface area contributed by atoms with Crippen LogP contribution in [0, 0.1) is 0 Å². The summed E-state index contributed by atoms with van der Waals surface area (Å²) in [4.78, 5) is 26.6. The molecular formula is C15H20N2O3S. The highest BCUT2D eigenvalue weighted by Gasteiger charge is 2.25. The fourth-order valence-corrected chi connectivity index (χ4v) is 2.80. The van der Waals surface area contributed by atoms with Crippen molar-refractivity contribution in [2.75, 3.05) is 33.0 Å². The number of ether oxygens (including phenoxy) is 1. The summed E-state index contributed by atoms with van der Waals surface area (Å²) in [6.07, 6.45) is 2.43. The second kappa shape index (κ2) is 7.47. The standard InChI is InChI=1S/C15H20N2O3S/c1-20-15(19)16-12-7-8-17(9-12)10-14(18)11-3-5-13(21-2)6-4-11/h3-6,12H,7-10H2,1-2H3,(H,16,19). The number of hydrogen-bond donors (Lipinski definition) is 1. The van der Waals surface area contributed by atoms with E-state index in [1.54, 1.807) is 11.8 Å². The van der Waals surface area contributed by atoms with Gasteiger partial charge in [-0.05, 0) is 24.8 Å². The van der Waals surface area contributed by atoms with Crippen molar-refractivity contribution < 1.29 is 14.3 Å². The zero-order valence-electron chi connectivity index (χ0n) is 12.3. The number of benzene rings is 1. The van der Waals surface area contributed by atoms with E-state index in [4.69, 9.17) is 0 Å². The Morgan fingerprint density at radius 3 is 2.71 bits per heavy atom. The van der Waals surface area contributed by atoms with Gasteiger partial charge in [0.05, 0.1) is 13.7 Å². The number of nitrogens with one attached hydrogen (secondary N) is 1. The first-order chi connectivity index (χ1) is 10.1. The second-order valence-electron chi connectivity index (χ2n) is 5.01. The van der Waals surface area contributed by atoms with Gasteiger partial charge < -0.3 is 10.1 Å². The smallest absolute Gasteiger partial charge is 0.407 e. The lowest BCUT2D eigenvalue weighted by Crippen LogP contribution is -2.37. The number of thioether (sulfide) groups is 1. The SMILES string of the molecule is COC(=O)NC1CCN(CC(=O)c2ccc(SC)cc2)C1. The van der Waals surface area contributed by atoms with E-state index in [-0.39, 0.29) is 11.8 Å². The number of carbonyl (C=O) groups excluding carboxylic acids is 2. The number of rotatable bonds is 5. The first-order valence-electron chi connectivity index (χ1n) is 6.86. The molecule has 1 atom stereocenters. The molecule has 1 amide bonds. The van der Waals surface area contributed by atoms with Crippen LogP contribution in [0.2, 0.25) is 0 Å². The number of carbonyl (C=O) groups is 2. The molecule has 21 heavy (non-hydrogen) atoms. The minimum Gasteiger partial charge on any atom is -0.453 e. The zero-order chi connectivity index (χ0) is 15.2. The molecule has 1 heterocycles. The first kappa shape index (κ1) is 15.9. The van der Waals surface area contributed by atoms with Gasteiger partial charge >= 0.3 is 6.09 Å². The van der Waals surface area contributed by atoms with Crippen LogP contribution < -0.4 is 5.32 Å². The number of hydrogen-bond acceptors (Lipinski definition) is 5. The van der Waals surface area contributed by atoms with Gasteiger partial charge in [-0.2, -0.15) is 0 Å². The van der Waals surface area contributed by atoms with Gasteiger partial charge in [-0.15, -0.1) is 11.8 Å². The van der Waals surface area contributed by atoms with Crippen LogP contribution in [0.1, 0.15) is 16.8 Å². The summed E-state index contributed by atoms with van der Waals surface area (Å²) in [5, 5.41) is 2.77. The molecule has 1 aromatic carbocycles. The molecule has 1 aliphatic rings. The van der Waals surface area contributed by atoms with E-state index in [2.05, 4.69) is 15.0 Å². The Labute approximate surface area is 129 Å². The monoisotopic (exact) mass is 308 g/mol. The summed E-state index contributed by atoms with van der Waals surface area (Å²) < 4.78 is 4.58. The van der Waals surface area contributed by atoms with Crippen molar-refractivity contribution in [2.24, 2.45) is 0 Å². The van der Waals surface area contributed by atoms with E-state index in [0.29, 0.717) is 13.1 Å². The molecule has 0 aliphatic carbocycles. The molecule has 1 aromatic rings. The predicted molar refractivity (Wildman–Crippen MR) is 82.9 cm³/mol. The summed E-state index contributed by atoms with van der Waals surface area (Å²) in [6.45, 7) is 1.88. The minimum absolute atomic E-state index is 0.0594. The van der Waals surface area contributed by atoms with Crippen molar-refractivity contribution in [1.82, 2.24) is 10.2 Å². The third-order valence-corrected chi connectivity index (χ3v) is 4.30. The van der Waals surface area contributed by atoms with Gasteiger partial charge in [-0.1, -0.05) is 12.1 Å². The number of Topliss-reactive ketones (excluding diaryl/α,β-unsaturated/α-hetero) is 1. The summed E-state index contributed by atoms with van der Waals surface area (Å²) >= 11 is 1.66. The average molecular weight is 308 g/mol. The van der Waals surface area contributed by atoms with Crippen molar-refractivity contribution >= 4 is 23.6 Å². The lowest BCUT2D eigenvalue weighted by atomic mass is 10.1. The summed E-state index contributed by atoms with van der Waals surface area (Å²) in [6, 6.07) is 7.72. The van der Waals surface area contributed by atoms with Crippen LogP contribution in [0.5, 0.6) is 0 Å². The van der Waals surface area contributed by atoms with E-state index >= 15 is 0 Å². The maximum atomic E-state index is 12.2. The molecule has 1 unspecified atom stereocenters. The van der Waals surface area contributed by atoms with Crippen LogP contribution in [0.4, 0.5) is 4.79 Å². The fourth-order valence-electron chi connectivity index (χ4n) is 2.39. The molecular weight excluding hydrogens is 288 g/mol. The number of nitrogens with zero attached hydrogens (tertiary/aromatic N) is 1. The first-order valence-corrected chi connectivity index (χ1v) is 8.09. The maximum absolute atomic E-state index is 12.2. The van der Waals surface area contributed by atoms with E-state index in [0.717, 1.165) is 23.4 Å². The third kappa shape index (κ3) is 4.47. The molecule has 114 valence electrons. The molecule has 0 saturated carbocycles. The lowest BCUT2D eigenvalue weighted by molar-refractivity contribution is 0.0944. The van der Waals surface area contributed by atoms with Gasteiger partial charge in [-0.25, -0.2) is 4.79 Å². The molecule has 0 radical (unpaired) electrons. The average Bonchev–Trinajstić information content (AvgIpc) is 2.94. The van der Waals surface area contributed by atoms with Gasteiger partial charge in [-0.3, -0.25) is 9.69 Å². The van der Waals surface area contributed by atoms with Crippen molar-refractivity contribution in [3.05, 3.63) is 29.8 Å². The Balaban J connectivity index is 1.84. The van der Waals surface area contributed by atoms with Crippen LogP contribution in [0.3, 0.4) is 0 Å². The van der Waals surface area contributed by atoms with Crippen molar-refractivity contribution in [3.8, 4) is 0 Å². The number of likely N-dealkylation sites (tertiary alicyclic amines) is 1. The van der Waals surface area contributed by atoms with Crippen LogP contribution in [-0.2, 0) is 4.74 Å². The van der Waals surface area contributed by atoms with Crippen molar-refractivity contribution in [3.63, 3.8) is 0 Å². The van der Waals surface area contributed by atoms with E-state index in [9.17, 15) is 9.59 Å². The van der Waals surface area contributed by atoms with Crippen LogP contribution in [0.15, 0.2) is 29.2 Å². The Morgan fingerprint density at radius 2 is 2.10 bits per heavy atom. The second-order valence-corrected chi connectivity index (χ2v) is 5.89. The van der Waals surface area contributed by atoms with Crippen LogP contribution >= 0.6 is 11.8 Å². The molecule has 5 nitrogen and oxygen atoms in total. The molecule has 1 saturated heterocycles. The number of amides is 1. The largest absolute Gasteiger partial charge is 0.453 e. The molecule has 0 bridgehead atoms. The Kier molecular flexibility index (Phi) is 5.64. The highest BCUT2D eigenvalue weighted by Crippen LogP contribution is 2.16. The number of methoxy groups -OCH3 is 1. The predicted octanol–water partition coefficient (Wildman–Crippen LogP) is 2.02. The highest BCUT2D eigenvalue weighted by molar-refractivity contribution is 7.98. The Hall–Kier alpha value is -1.53.